The quantitative estimate of drug-likeness (QED) is 0.524. The molecule has 2 amide bonds. The standard InChI is InChI=1S/C26H26N2O5S/c1-17-8-4-5-9-19(17)16-28-21-14-18(25(29)27-15-24(32-2)33-3)12-13-23(21)34(31)22-11-7-6-10-20(22)26(28)30/h4-14,24H,15-16H2,1-3H3,(H,27,29)/t34-/m0/s1. The average molecular weight is 479 g/mol. The number of hydrogen-bond acceptors (Lipinski definition) is 5. The zero-order valence-corrected chi connectivity index (χ0v) is 20.1. The Labute approximate surface area is 201 Å². The summed E-state index contributed by atoms with van der Waals surface area (Å²) >= 11 is 0. The predicted molar refractivity (Wildman–Crippen MR) is 129 cm³/mol. The maximum absolute atomic E-state index is 13.7. The first-order valence-electron chi connectivity index (χ1n) is 10.8. The lowest BCUT2D eigenvalue weighted by Crippen LogP contribution is -2.34. The number of carbonyl (C=O) groups excluding carboxylic acids is 2. The largest absolute Gasteiger partial charge is 0.354 e. The van der Waals surface area contributed by atoms with Gasteiger partial charge in [0, 0.05) is 19.8 Å². The summed E-state index contributed by atoms with van der Waals surface area (Å²) in [4.78, 5) is 29.1. The third kappa shape index (κ3) is 4.65. The van der Waals surface area contributed by atoms with Gasteiger partial charge >= 0.3 is 0 Å². The van der Waals surface area contributed by atoms with Gasteiger partial charge in [-0.15, -0.1) is 0 Å². The normalized spacial score (nSPS) is 15.0. The van der Waals surface area contributed by atoms with Crippen LogP contribution in [0.1, 0.15) is 31.8 Å². The van der Waals surface area contributed by atoms with Crippen LogP contribution in [0.15, 0.2) is 76.5 Å². The van der Waals surface area contributed by atoms with Crippen molar-refractivity contribution in [3.8, 4) is 0 Å². The van der Waals surface area contributed by atoms with E-state index in [1.165, 1.54) is 14.2 Å². The number of hydrogen-bond donors (Lipinski definition) is 1. The number of aryl methyl sites for hydroxylation is 1. The van der Waals surface area contributed by atoms with E-state index in [2.05, 4.69) is 5.32 Å². The SMILES string of the molecule is COC(CNC(=O)c1ccc2c(c1)N(Cc1ccccc1C)C(=O)c1ccccc1[S@@]2=O)OC. The molecule has 1 aliphatic rings. The number of benzene rings is 3. The van der Waals surface area contributed by atoms with Crippen LogP contribution < -0.4 is 10.2 Å². The lowest BCUT2D eigenvalue weighted by molar-refractivity contribution is -0.0974. The summed E-state index contributed by atoms with van der Waals surface area (Å²) in [5.74, 6) is -0.611. The van der Waals surface area contributed by atoms with E-state index in [9.17, 15) is 13.8 Å². The molecule has 8 heteroatoms. The second-order valence-corrected chi connectivity index (χ2v) is 9.29. The molecule has 3 aromatic rings. The molecule has 1 heterocycles. The first kappa shape index (κ1) is 23.8. The molecule has 0 saturated carbocycles. The van der Waals surface area contributed by atoms with Crippen molar-refractivity contribution in [2.45, 2.75) is 29.5 Å². The summed E-state index contributed by atoms with van der Waals surface area (Å²) in [6.45, 7) is 2.42. The molecular formula is C26H26N2O5S. The van der Waals surface area contributed by atoms with Gasteiger partial charge in [0.1, 0.15) is 0 Å². The highest BCUT2D eigenvalue weighted by atomic mass is 32.2. The van der Waals surface area contributed by atoms with Crippen molar-refractivity contribution in [1.29, 1.82) is 0 Å². The third-order valence-electron chi connectivity index (χ3n) is 5.82. The van der Waals surface area contributed by atoms with Gasteiger partial charge in [0.15, 0.2) is 6.29 Å². The Morgan fingerprint density at radius 3 is 2.44 bits per heavy atom. The smallest absolute Gasteiger partial charge is 0.259 e. The van der Waals surface area contributed by atoms with Crippen LogP contribution >= 0.6 is 0 Å². The second-order valence-electron chi connectivity index (χ2n) is 7.88. The van der Waals surface area contributed by atoms with Crippen molar-refractivity contribution in [3.63, 3.8) is 0 Å². The van der Waals surface area contributed by atoms with E-state index in [4.69, 9.17) is 9.47 Å². The van der Waals surface area contributed by atoms with Gasteiger partial charge in [0.25, 0.3) is 11.8 Å². The number of anilines is 1. The van der Waals surface area contributed by atoms with Crippen molar-refractivity contribution < 1.29 is 23.3 Å². The molecule has 1 atom stereocenters. The van der Waals surface area contributed by atoms with Crippen LogP contribution in [0.3, 0.4) is 0 Å². The predicted octanol–water partition coefficient (Wildman–Crippen LogP) is 3.67. The summed E-state index contributed by atoms with van der Waals surface area (Å²) in [6, 6.07) is 19.6. The zero-order valence-electron chi connectivity index (χ0n) is 19.2. The monoisotopic (exact) mass is 478 g/mol. The molecule has 176 valence electrons. The average Bonchev–Trinajstić information content (AvgIpc) is 2.95. The van der Waals surface area contributed by atoms with E-state index in [0.717, 1.165) is 11.1 Å². The maximum atomic E-state index is 13.7. The number of carbonyl (C=O) groups is 2. The maximum Gasteiger partial charge on any atom is 0.259 e. The van der Waals surface area contributed by atoms with Crippen molar-refractivity contribution >= 4 is 28.3 Å². The first-order valence-corrected chi connectivity index (χ1v) is 11.9. The van der Waals surface area contributed by atoms with Gasteiger partial charge in [-0.2, -0.15) is 0 Å². The molecule has 1 aliphatic heterocycles. The highest BCUT2D eigenvalue weighted by Gasteiger charge is 2.31. The van der Waals surface area contributed by atoms with Crippen LogP contribution in [0.5, 0.6) is 0 Å². The minimum absolute atomic E-state index is 0.159. The molecule has 4 rings (SSSR count). The van der Waals surface area contributed by atoms with E-state index >= 15 is 0 Å². The molecule has 0 spiro atoms. The van der Waals surface area contributed by atoms with Gasteiger partial charge < -0.3 is 19.7 Å². The van der Waals surface area contributed by atoms with E-state index in [1.807, 2.05) is 31.2 Å². The molecule has 7 nitrogen and oxygen atoms in total. The van der Waals surface area contributed by atoms with Gasteiger partial charge in [-0.05, 0) is 48.4 Å². The van der Waals surface area contributed by atoms with Gasteiger partial charge in [-0.1, -0.05) is 36.4 Å². The highest BCUT2D eigenvalue weighted by molar-refractivity contribution is 7.85. The molecule has 0 fully saturated rings. The number of ether oxygens (including phenoxy) is 2. The molecule has 0 radical (unpaired) electrons. The van der Waals surface area contributed by atoms with Crippen LogP contribution in [0.2, 0.25) is 0 Å². The van der Waals surface area contributed by atoms with E-state index in [0.29, 0.717) is 26.6 Å². The lowest BCUT2D eigenvalue weighted by atomic mass is 10.1. The summed E-state index contributed by atoms with van der Waals surface area (Å²) < 4.78 is 23.8. The van der Waals surface area contributed by atoms with Crippen LogP contribution in [0.4, 0.5) is 5.69 Å². The van der Waals surface area contributed by atoms with Crippen LogP contribution in [0, 0.1) is 6.92 Å². The fourth-order valence-corrected chi connectivity index (χ4v) is 5.21. The molecule has 1 N–H and O–H groups in total. The number of nitrogens with one attached hydrogen (secondary N) is 1. The Morgan fingerprint density at radius 1 is 1.00 bits per heavy atom. The van der Waals surface area contributed by atoms with Crippen LogP contribution in [-0.2, 0) is 26.8 Å². The third-order valence-corrected chi connectivity index (χ3v) is 7.32. The number of nitrogens with zero attached hydrogens (tertiary/aromatic N) is 1. The Bertz CT molecular complexity index is 1260. The van der Waals surface area contributed by atoms with Crippen LogP contribution in [-0.4, -0.2) is 43.1 Å². The molecule has 0 unspecified atom stereocenters. The molecular weight excluding hydrogens is 452 g/mol. The molecule has 0 aliphatic carbocycles. The van der Waals surface area contributed by atoms with E-state index in [-0.39, 0.29) is 24.9 Å². The minimum Gasteiger partial charge on any atom is -0.354 e. The Kier molecular flexibility index (Phi) is 7.21. The molecule has 34 heavy (non-hydrogen) atoms. The number of methoxy groups -OCH3 is 2. The topological polar surface area (TPSA) is 84.9 Å². The van der Waals surface area contributed by atoms with Gasteiger partial charge in [-0.25, -0.2) is 4.21 Å². The van der Waals surface area contributed by atoms with Crippen LogP contribution in [0.25, 0.3) is 0 Å². The van der Waals surface area contributed by atoms with Crippen molar-refractivity contribution in [1.82, 2.24) is 5.32 Å². The number of rotatable bonds is 7. The van der Waals surface area contributed by atoms with Crippen molar-refractivity contribution in [3.05, 3.63) is 89.0 Å². The minimum atomic E-state index is -1.58. The molecule has 0 saturated heterocycles. The van der Waals surface area contributed by atoms with Crippen molar-refractivity contribution in [2.24, 2.45) is 0 Å². The van der Waals surface area contributed by atoms with E-state index < -0.39 is 17.1 Å². The molecule has 0 bridgehead atoms. The number of fused-ring (bicyclic) bond motifs is 2. The lowest BCUT2D eigenvalue weighted by Gasteiger charge is -2.24. The zero-order chi connectivity index (χ0) is 24.2. The Morgan fingerprint density at radius 2 is 1.71 bits per heavy atom. The second kappa shape index (κ2) is 10.3. The van der Waals surface area contributed by atoms with Gasteiger partial charge in [0.2, 0.25) is 0 Å². The Hall–Kier alpha value is -3.33. The first-order chi connectivity index (χ1) is 16.4. The fraction of sp³-hybridized carbons (Fsp3) is 0.231. The summed E-state index contributed by atoms with van der Waals surface area (Å²) in [5, 5.41) is 2.77. The van der Waals surface area contributed by atoms with Crippen molar-refractivity contribution in [2.75, 3.05) is 25.7 Å². The summed E-state index contributed by atoms with van der Waals surface area (Å²) in [7, 11) is 1.40. The molecule has 3 aromatic carbocycles. The highest BCUT2D eigenvalue weighted by Crippen LogP contribution is 2.36. The number of amides is 2. The fourth-order valence-electron chi connectivity index (χ4n) is 3.86. The summed E-state index contributed by atoms with van der Waals surface area (Å²) in [5.41, 5.74) is 3.18. The van der Waals surface area contributed by atoms with E-state index in [1.54, 1.807) is 47.4 Å². The van der Waals surface area contributed by atoms with Gasteiger partial charge in [-0.3, -0.25) is 9.59 Å². The molecule has 0 aromatic heterocycles. The summed E-state index contributed by atoms with van der Waals surface area (Å²) in [6.07, 6.45) is -0.578. The Balaban J connectivity index is 1.78. The van der Waals surface area contributed by atoms with Gasteiger partial charge in [0.05, 0.1) is 44.9 Å².